The molecule has 1 saturated heterocycles. The second-order valence-corrected chi connectivity index (χ2v) is 7.49. The van der Waals surface area contributed by atoms with Gasteiger partial charge in [-0.05, 0) is 25.0 Å². The van der Waals surface area contributed by atoms with Gasteiger partial charge in [0, 0.05) is 29.3 Å². The van der Waals surface area contributed by atoms with Crippen LogP contribution in [0.3, 0.4) is 0 Å². The first kappa shape index (κ1) is 14.3. The smallest absolute Gasteiger partial charge is 0.255 e. The Morgan fingerprint density at radius 3 is 2.84 bits per heavy atom. The van der Waals surface area contributed by atoms with Crippen LogP contribution in [-0.2, 0) is 0 Å². The van der Waals surface area contributed by atoms with Crippen molar-refractivity contribution >= 4 is 23.4 Å². The molecule has 0 spiro atoms. The maximum atomic E-state index is 12.6. The van der Waals surface area contributed by atoms with Gasteiger partial charge < -0.3 is 10.6 Å². The van der Waals surface area contributed by atoms with Crippen LogP contribution in [0, 0.1) is 6.92 Å². The highest BCUT2D eigenvalue weighted by Gasteiger charge is 2.27. The van der Waals surface area contributed by atoms with Crippen LogP contribution in [0.1, 0.15) is 36.2 Å². The summed E-state index contributed by atoms with van der Waals surface area (Å²) in [5, 5.41) is 0. The largest absolute Gasteiger partial charge is 0.398 e. The summed E-state index contributed by atoms with van der Waals surface area (Å²) >= 11 is 1.94. The summed E-state index contributed by atoms with van der Waals surface area (Å²) in [6, 6.07) is 5.66. The Hall–Kier alpha value is -1.16. The van der Waals surface area contributed by atoms with Gasteiger partial charge in [-0.25, -0.2) is 0 Å². The number of thioether (sulfide) groups is 1. The number of nitrogen functional groups attached to an aromatic ring is 1. The molecule has 0 aromatic heterocycles. The number of amides is 1. The van der Waals surface area contributed by atoms with Gasteiger partial charge in [0.15, 0.2) is 0 Å². The van der Waals surface area contributed by atoms with Crippen LogP contribution in [-0.4, -0.2) is 34.4 Å². The first-order chi connectivity index (χ1) is 8.91. The fraction of sp³-hybridized carbons (Fsp3) is 0.533. The lowest BCUT2D eigenvalue weighted by Crippen LogP contribution is -2.34. The predicted molar refractivity (Wildman–Crippen MR) is 82.6 cm³/mol. The summed E-state index contributed by atoms with van der Waals surface area (Å²) in [6.45, 7) is 8.04. The number of para-hydroxylation sites is 1. The molecule has 1 aromatic rings. The highest BCUT2D eigenvalue weighted by Crippen LogP contribution is 2.31. The third-order valence-corrected chi connectivity index (χ3v) is 5.05. The Balaban J connectivity index is 2.18. The molecular formula is C15H22N2OS. The second kappa shape index (κ2) is 5.45. The molecule has 1 aliphatic heterocycles. The Morgan fingerprint density at radius 1 is 1.37 bits per heavy atom. The summed E-state index contributed by atoms with van der Waals surface area (Å²) in [5.74, 6) is 1.06. The van der Waals surface area contributed by atoms with E-state index in [0.717, 1.165) is 30.8 Å². The number of anilines is 1. The predicted octanol–water partition coefficient (Wildman–Crippen LogP) is 2.93. The molecule has 1 fully saturated rings. The van der Waals surface area contributed by atoms with Crippen molar-refractivity contribution < 1.29 is 4.79 Å². The Bertz CT molecular complexity index is 485. The maximum Gasteiger partial charge on any atom is 0.255 e. The molecule has 0 saturated carbocycles. The van der Waals surface area contributed by atoms with Crippen LogP contribution in [0.15, 0.2) is 18.2 Å². The van der Waals surface area contributed by atoms with Crippen molar-refractivity contribution in [1.29, 1.82) is 0 Å². The van der Waals surface area contributed by atoms with Crippen molar-refractivity contribution in [3.8, 4) is 0 Å². The van der Waals surface area contributed by atoms with Gasteiger partial charge in [-0.1, -0.05) is 26.0 Å². The normalized spacial score (nSPS) is 19.0. The number of carbonyl (C=O) groups excluding carboxylic acids is 1. The topological polar surface area (TPSA) is 46.3 Å². The Morgan fingerprint density at radius 2 is 2.11 bits per heavy atom. The maximum absolute atomic E-state index is 12.6. The van der Waals surface area contributed by atoms with E-state index in [-0.39, 0.29) is 10.7 Å². The summed E-state index contributed by atoms with van der Waals surface area (Å²) < 4.78 is 0.257. The highest BCUT2D eigenvalue weighted by atomic mass is 32.2. The number of carbonyl (C=O) groups is 1. The third-order valence-electron chi connectivity index (χ3n) is 3.68. The Kier molecular flexibility index (Phi) is 4.09. The van der Waals surface area contributed by atoms with Gasteiger partial charge in [0.1, 0.15) is 0 Å². The standard InChI is InChI=1S/C15H22N2OS/c1-11-5-4-6-12(13(11)16)14(18)17-8-7-15(2,3)19-10-9-17/h4-6H,7-10,16H2,1-3H3. The molecule has 4 heteroatoms. The minimum Gasteiger partial charge on any atom is -0.398 e. The summed E-state index contributed by atoms with van der Waals surface area (Å²) in [5.41, 5.74) is 8.26. The van der Waals surface area contributed by atoms with E-state index in [0.29, 0.717) is 11.3 Å². The van der Waals surface area contributed by atoms with Crippen molar-refractivity contribution in [2.24, 2.45) is 0 Å². The minimum atomic E-state index is 0.0690. The van der Waals surface area contributed by atoms with Crippen molar-refractivity contribution in [1.82, 2.24) is 4.90 Å². The lowest BCUT2D eigenvalue weighted by molar-refractivity contribution is 0.0765. The van der Waals surface area contributed by atoms with Crippen LogP contribution in [0.4, 0.5) is 5.69 Å². The highest BCUT2D eigenvalue weighted by molar-refractivity contribution is 8.00. The molecule has 1 aromatic carbocycles. The van der Waals surface area contributed by atoms with Gasteiger partial charge in [0.05, 0.1) is 5.56 Å². The SMILES string of the molecule is Cc1cccc(C(=O)N2CCSC(C)(C)CC2)c1N. The average Bonchev–Trinajstić information content (AvgIpc) is 2.53. The van der Waals surface area contributed by atoms with E-state index in [2.05, 4.69) is 13.8 Å². The molecule has 0 atom stereocenters. The molecule has 0 bridgehead atoms. The minimum absolute atomic E-state index is 0.0690. The zero-order chi connectivity index (χ0) is 14.0. The van der Waals surface area contributed by atoms with Crippen LogP contribution in [0.5, 0.6) is 0 Å². The van der Waals surface area contributed by atoms with E-state index in [4.69, 9.17) is 5.73 Å². The van der Waals surface area contributed by atoms with E-state index >= 15 is 0 Å². The zero-order valence-electron chi connectivity index (χ0n) is 11.9. The number of nitrogens with two attached hydrogens (primary N) is 1. The lowest BCUT2D eigenvalue weighted by atomic mass is 10.1. The first-order valence-electron chi connectivity index (χ1n) is 6.69. The Labute approximate surface area is 119 Å². The zero-order valence-corrected chi connectivity index (χ0v) is 12.7. The molecule has 19 heavy (non-hydrogen) atoms. The van der Waals surface area contributed by atoms with E-state index in [1.165, 1.54) is 0 Å². The van der Waals surface area contributed by atoms with Gasteiger partial charge in [-0.15, -0.1) is 0 Å². The van der Waals surface area contributed by atoms with Crippen molar-refractivity contribution in [2.45, 2.75) is 31.9 Å². The third kappa shape index (κ3) is 3.24. The van der Waals surface area contributed by atoms with Crippen molar-refractivity contribution in [2.75, 3.05) is 24.6 Å². The molecule has 0 unspecified atom stereocenters. The number of nitrogens with zero attached hydrogens (tertiary/aromatic N) is 1. The summed E-state index contributed by atoms with van der Waals surface area (Å²) in [7, 11) is 0. The molecule has 0 aliphatic carbocycles. The van der Waals surface area contributed by atoms with Crippen LogP contribution < -0.4 is 5.73 Å². The molecule has 1 amide bonds. The molecule has 1 aliphatic rings. The number of hydrogen-bond acceptors (Lipinski definition) is 3. The van der Waals surface area contributed by atoms with Crippen molar-refractivity contribution in [3.05, 3.63) is 29.3 Å². The number of hydrogen-bond donors (Lipinski definition) is 1. The van der Waals surface area contributed by atoms with Crippen LogP contribution >= 0.6 is 11.8 Å². The summed E-state index contributed by atoms with van der Waals surface area (Å²) in [4.78, 5) is 14.5. The quantitative estimate of drug-likeness (QED) is 0.803. The van der Waals surface area contributed by atoms with E-state index in [1.807, 2.05) is 41.8 Å². The fourth-order valence-electron chi connectivity index (χ4n) is 2.26. The molecular weight excluding hydrogens is 256 g/mol. The van der Waals surface area contributed by atoms with Gasteiger partial charge in [-0.2, -0.15) is 11.8 Å². The number of aryl methyl sites for hydroxylation is 1. The second-order valence-electron chi connectivity index (χ2n) is 5.69. The lowest BCUT2D eigenvalue weighted by Gasteiger charge is -2.23. The van der Waals surface area contributed by atoms with Gasteiger partial charge in [0.25, 0.3) is 5.91 Å². The molecule has 2 N–H and O–H groups in total. The number of benzene rings is 1. The van der Waals surface area contributed by atoms with E-state index in [1.54, 1.807) is 0 Å². The molecule has 2 rings (SSSR count). The van der Waals surface area contributed by atoms with E-state index in [9.17, 15) is 4.79 Å². The summed E-state index contributed by atoms with van der Waals surface area (Å²) in [6.07, 6.45) is 1.02. The van der Waals surface area contributed by atoms with Crippen LogP contribution in [0.2, 0.25) is 0 Å². The van der Waals surface area contributed by atoms with E-state index < -0.39 is 0 Å². The molecule has 3 nitrogen and oxygen atoms in total. The van der Waals surface area contributed by atoms with Gasteiger partial charge >= 0.3 is 0 Å². The van der Waals surface area contributed by atoms with Crippen molar-refractivity contribution in [3.63, 3.8) is 0 Å². The molecule has 0 radical (unpaired) electrons. The number of rotatable bonds is 1. The average molecular weight is 278 g/mol. The first-order valence-corrected chi connectivity index (χ1v) is 7.67. The molecule has 1 heterocycles. The molecule has 104 valence electrons. The monoisotopic (exact) mass is 278 g/mol. The van der Waals surface area contributed by atoms with Gasteiger partial charge in [-0.3, -0.25) is 4.79 Å². The van der Waals surface area contributed by atoms with Gasteiger partial charge in [0.2, 0.25) is 0 Å². The fourth-order valence-corrected chi connectivity index (χ4v) is 3.36. The van der Waals surface area contributed by atoms with Crippen LogP contribution in [0.25, 0.3) is 0 Å².